The second-order valence-electron chi connectivity index (χ2n) is 8.11. The Morgan fingerprint density at radius 2 is 2.09 bits per heavy atom. The van der Waals surface area contributed by atoms with Gasteiger partial charge in [0.25, 0.3) is 0 Å². The first-order chi connectivity index (χ1) is 15.8. The number of anilines is 2. The number of aryl methyl sites for hydroxylation is 1. The molecule has 4 N–H and O–H groups in total. The normalized spacial score (nSPS) is 17.4. The summed E-state index contributed by atoms with van der Waals surface area (Å²) >= 11 is 5.95. The zero-order valence-corrected chi connectivity index (χ0v) is 18.8. The third-order valence-electron chi connectivity index (χ3n) is 5.97. The minimum absolute atomic E-state index is 0.127. The molecule has 4 heterocycles. The quantitative estimate of drug-likeness (QED) is 0.408. The van der Waals surface area contributed by atoms with Gasteiger partial charge in [0.15, 0.2) is 11.5 Å². The van der Waals surface area contributed by atoms with Gasteiger partial charge in [0.05, 0.1) is 22.5 Å². The first kappa shape index (κ1) is 21.1. The number of halogens is 1. The first-order valence-electron chi connectivity index (χ1n) is 10.5. The zero-order valence-electron chi connectivity index (χ0n) is 18.0. The fraction of sp³-hybridized carbons (Fsp3) is 0.273. The molecule has 1 aliphatic rings. The number of rotatable bonds is 5. The third-order valence-corrected chi connectivity index (χ3v) is 6.29. The van der Waals surface area contributed by atoms with Crippen LogP contribution in [0.15, 0.2) is 30.7 Å². The molecule has 1 amide bonds. The Morgan fingerprint density at radius 3 is 2.85 bits per heavy atom. The van der Waals surface area contributed by atoms with Gasteiger partial charge in [-0.05, 0) is 37.5 Å². The van der Waals surface area contributed by atoms with Crippen LogP contribution in [-0.4, -0.2) is 40.6 Å². The SMILES string of the molecule is CCCCc1nc(-c2nc(N)c3c(n2)NC(=O)C3(C)c2ccc(Cl)c(O)c2)cn2ncnc12. The van der Waals surface area contributed by atoms with Crippen molar-refractivity contribution in [2.24, 2.45) is 0 Å². The molecule has 1 aromatic carbocycles. The number of phenols is 1. The van der Waals surface area contributed by atoms with E-state index in [1.807, 2.05) is 0 Å². The van der Waals surface area contributed by atoms with Crippen LogP contribution in [0.25, 0.3) is 17.2 Å². The summed E-state index contributed by atoms with van der Waals surface area (Å²) in [4.78, 5) is 31.1. The van der Waals surface area contributed by atoms with E-state index >= 15 is 0 Å². The molecule has 3 aromatic heterocycles. The number of carbonyl (C=O) groups is 1. The van der Waals surface area contributed by atoms with Crippen LogP contribution >= 0.6 is 11.6 Å². The minimum Gasteiger partial charge on any atom is -0.506 e. The van der Waals surface area contributed by atoms with Crippen LogP contribution in [0.5, 0.6) is 5.75 Å². The topological polar surface area (TPSA) is 144 Å². The maximum atomic E-state index is 13.1. The van der Waals surface area contributed by atoms with Gasteiger partial charge in [-0.15, -0.1) is 0 Å². The molecule has 168 valence electrons. The highest BCUT2D eigenvalue weighted by Crippen LogP contribution is 2.46. The molecule has 0 fully saturated rings. The van der Waals surface area contributed by atoms with Crippen molar-refractivity contribution in [1.82, 2.24) is 29.5 Å². The maximum Gasteiger partial charge on any atom is 0.240 e. The highest BCUT2D eigenvalue weighted by atomic mass is 35.5. The lowest BCUT2D eigenvalue weighted by atomic mass is 9.77. The Labute approximate surface area is 193 Å². The van der Waals surface area contributed by atoms with Crippen LogP contribution < -0.4 is 11.1 Å². The van der Waals surface area contributed by atoms with E-state index in [0.717, 1.165) is 25.0 Å². The molecule has 0 spiro atoms. The van der Waals surface area contributed by atoms with E-state index in [0.29, 0.717) is 28.3 Å². The molecule has 1 unspecified atom stereocenters. The van der Waals surface area contributed by atoms with Gasteiger partial charge in [0, 0.05) is 0 Å². The molecule has 0 saturated carbocycles. The van der Waals surface area contributed by atoms with Crippen molar-refractivity contribution in [2.45, 2.75) is 38.5 Å². The van der Waals surface area contributed by atoms with Gasteiger partial charge >= 0.3 is 0 Å². The third kappa shape index (κ3) is 3.25. The summed E-state index contributed by atoms with van der Waals surface area (Å²) < 4.78 is 1.64. The number of amides is 1. The van der Waals surface area contributed by atoms with E-state index in [9.17, 15) is 9.90 Å². The molecule has 0 aliphatic carbocycles. The van der Waals surface area contributed by atoms with Crippen LogP contribution in [0, 0.1) is 0 Å². The Kier molecular flexibility index (Phi) is 4.89. The van der Waals surface area contributed by atoms with E-state index in [4.69, 9.17) is 22.3 Å². The van der Waals surface area contributed by atoms with Crippen LogP contribution in [0.1, 0.15) is 43.5 Å². The number of aromatic nitrogens is 6. The highest BCUT2D eigenvalue weighted by Gasteiger charge is 2.47. The van der Waals surface area contributed by atoms with Crippen molar-refractivity contribution in [2.75, 3.05) is 11.1 Å². The number of unbranched alkanes of at least 4 members (excludes halogenated alkanes) is 1. The second-order valence-corrected chi connectivity index (χ2v) is 8.51. The average molecular weight is 465 g/mol. The van der Waals surface area contributed by atoms with Crippen molar-refractivity contribution in [3.63, 3.8) is 0 Å². The molecule has 4 aromatic rings. The molecule has 0 bridgehead atoms. The number of phenolic OH excluding ortho intramolecular Hbond substituents is 1. The molecule has 11 heteroatoms. The van der Waals surface area contributed by atoms with E-state index in [2.05, 4.69) is 32.3 Å². The van der Waals surface area contributed by atoms with Gasteiger partial charge < -0.3 is 16.2 Å². The molecule has 10 nitrogen and oxygen atoms in total. The maximum absolute atomic E-state index is 13.1. The summed E-state index contributed by atoms with van der Waals surface area (Å²) in [6.07, 6.45) is 5.86. The largest absolute Gasteiger partial charge is 0.506 e. The van der Waals surface area contributed by atoms with Crippen molar-refractivity contribution >= 4 is 34.8 Å². The predicted octanol–water partition coefficient (Wildman–Crippen LogP) is 3.12. The number of benzene rings is 1. The van der Waals surface area contributed by atoms with Gasteiger partial charge in [-0.2, -0.15) is 5.10 Å². The predicted molar refractivity (Wildman–Crippen MR) is 123 cm³/mol. The molecule has 1 aliphatic heterocycles. The first-order valence-corrected chi connectivity index (χ1v) is 10.9. The molecule has 0 saturated heterocycles. The van der Waals surface area contributed by atoms with Crippen molar-refractivity contribution < 1.29 is 9.90 Å². The number of fused-ring (bicyclic) bond motifs is 2. The Bertz CT molecular complexity index is 1420. The Balaban J connectivity index is 1.64. The number of nitrogen functional groups attached to an aromatic ring is 1. The second kappa shape index (κ2) is 7.66. The van der Waals surface area contributed by atoms with Gasteiger partial charge in [-0.3, -0.25) is 4.79 Å². The molecule has 1 atom stereocenters. The van der Waals surface area contributed by atoms with Crippen molar-refractivity contribution in [3.05, 3.63) is 52.6 Å². The van der Waals surface area contributed by atoms with E-state index < -0.39 is 5.41 Å². The van der Waals surface area contributed by atoms with Crippen molar-refractivity contribution in [3.8, 4) is 17.3 Å². The van der Waals surface area contributed by atoms with Gasteiger partial charge in [0.2, 0.25) is 5.91 Å². The van der Waals surface area contributed by atoms with Crippen LogP contribution in [-0.2, 0) is 16.6 Å². The van der Waals surface area contributed by atoms with Crippen LogP contribution in [0.3, 0.4) is 0 Å². The average Bonchev–Trinajstić information content (AvgIpc) is 3.37. The molecule has 33 heavy (non-hydrogen) atoms. The lowest BCUT2D eigenvalue weighted by Gasteiger charge is -2.23. The summed E-state index contributed by atoms with van der Waals surface area (Å²) in [6.45, 7) is 3.81. The van der Waals surface area contributed by atoms with Gasteiger partial charge in [-0.25, -0.2) is 24.5 Å². The number of carbonyl (C=O) groups excluding carboxylic acids is 1. The molecular weight excluding hydrogens is 444 g/mol. The Hall–Kier alpha value is -3.79. The fourth-order valence-corrected chi connectivity index (χ4v) is 4.25. The number of hydrogen-bond acceptors (Lipinski definition) is 8. The van der Waals surface area contributed by atoms with Crippen LogP contribution in [0.4, 0.5) is 11.6 Å². The number of nitrogens with one attached hydrogen (secondary N) is 1. The summed E-state index contributed by atoms with van der Waals surface area (Å²) in [5.74, 6) is 0.249. The fourth-order valence-electron chi connectivity index (χ4n) is 4.13. The Morgan fingerprint density at radius 1 is 1.27 bits per heavy atom. The lowest BCUT2D eigenvalue weighted by molar-refractivity contribution is -0.119. The van der Waals surface area contributed by atoms with E-state index in [1.54, 1.807) is 23.7 Å². The summed E-state index contributed by atoms with van der Waals surface area (Å²) in [7, 11) is 0. The number of aromatic hydroxyl groups is 1. The highest BCUT2D eigenvalue weighted by molar-refractivity contribution is 6.32. The lowest BCUT2D eigenvalue weighted by Crippen LogP contribution is -2.32. The van der Waals surface area contributed by atoms with E-state index in [-0.39, 0.29) is 28.3 Å². The summed E-state index contributed by atoms with van der Waals surface area (Å²) in [5.41, 5.74) is 8.08. The zero-order chi connectivity index (χ0) is 23.3. The molecule has 0 radical (unpaired) electrons. The number of hydrogen-bond donors (Lipinski definition) is 3. The standard InChI is InChI=1S/C22H21ClN8O2/c1-3-4-5-13-20-25-10-26-31(20)9-14(27-13)18-28-17(24)16-19(29-18)30-21(33)22(16,2)11-6-7-12(23)15(32)8-11/h6-10,32H,3-5H2,1-2H3,(H3,24,28,29,30,33). The van der Waals surface area contributed by atoms with E-state index in [1.165, 1.54) is 18.5 Å². The summed E-state index contributed by atoms with van der Waals surface area (Å²) in [5, 5.41) is 17.3. The van der Waals surface area contributed by atoms with Crippen molar-refractivity contribution in [1.29, 1.82) is 0 Å². The van der Waals surface area contributed by atoms with Gasteiger partial charge in [0.1, 0.15) is 34.8 Å². The van der Waals surface area contributed by atoms with Crippen LogP contribution in [0.2, 0.25) is 5.02 Å². The smallest absolute Gasteiger partial charge is 0.240 e. The van der Waals surface area contributed by atoms with Gasteiger partial charge in [-0.1, -0.05) is 31.0 Å². The number of nitrogens with zero attached hydrogens (tertiary/aromatic N) is 6. The monoisotopic (exact) mass is 464 g/mol. The summed E-state index contributed by atoms with van der Waals surface area (Å²) in [6, 6.07) is 4.65. The number of nitrogens with two attached hydrogens (primary N) is 1. The molecule has 5 rings (SSSR count). The molecular formula is C22H21ClN8O2. The minimum atomic E-state index is -1.20.